The number of nitrogens with one attached hydrogen (secondary N) is 1. The number of phenols is 1. The Bertz CT molecular complexity index is 520. The normalized spacial score (nSPS) is 10.4. The summed E-state index contributed by atoms with van der Waals surface area (Å²) in [5.41, 5.74) is 3.12. The quantitative estimate of drug-likeness (QED) is 0.710. The number of rotatable bonds is 3. The number of aryl methyl sites for hydroxylation is 1. The van der Waals surface area contributed by atoms with Crippen LogP contribution in [0.3, 0.4) is 0 Å². The van der Waals surface area contributed by atoms with E-state index in [1.807, 2.05) is 37.3 Å². The first kappa shape index (κ1) is 13.7. The third-order valence-corrected chi connectivity index (χ3v) is 4.07. The van der Waals surface area contributed by atoms with E-state index in [2.05, 4.69) is 43.8 Å². The predicted octanol–water partition coefficient (Wildman–Crippen LogP) is 4.68. The van der Waals surface area contributed by atoms with Gasteiger partial charge in [0.2, 0.25) is 0 Å². The number of aromatic hydroxyl groups is 1. The topological polar surface area (TPSA) is 32.3 Å². The van der Waals surface area contributed by atoms with Crippen LogP contribution in [0.25, 0.3) is 0 Å². The minimum atomic E-state index is 0.332. The van der Waals surface area contributed by atoms with E-state index in [9.17, 15) is 5.11 Å². The molecule has 0 atom stereocenters. The summed E-state index contributed by atoms with van der Waals surface area (Å²) in [4.78, 5) is 0. The Labute approximate surface area is 129 Å². The highest BCUT2D eigenvalue weighted by atomic mass is 127. The first-order valence-electron chi connectivity index (χ1n) is 5.53. The fourth-order valence-electron chi connectivity index (χ4n) is 1.68. The van der Waals surface area contributed by atoms with Gasteiger partial charge in [-0.2, -0.15) is 0 Å². The first-order valence-corrected chi connectivity index (χ1v) is 7.41. The summed E-state index contributed by atoms with van der Waals surface area (Å²) in [6.45, 7) is 2.63. The Hall–Kier alpha value is -0.750. The summed E-state index contributed by atoms with van der Waals surface area (Å²) in [5.74, 6) is 0.332. The highest BCUT2D eigenvalue weighted by Gasteiger charge is 2.04. The van der Waals surface area contributed by atoms with Gasteiger partial charge < -0.3 is 10.4 Å². The Morgan fingerprint density at radius 3 is 2.78 bits per heavy atom. The summed E-state index contributed by atoms with van der Waals surface area (Å²) < 4.78 is 2.20. The second-order valence-electron chi connectivity index (χ2n) is 4.11. The minimum absolute atomic E-state index is 0.332. The molecule has 0 bridgehead atoms. The van der Waals surface area contributed by atoms with Crippen molar-refractivity contribution >= 4 is 44.2 Å². The van der Waals surface area contributed by atoms with Crippen molar-refractivity contribution in [3.63, 3.8) is 0 Å². The van der Waals surface area contributed by atoms with Crippen LogP contribution in [0.15, 0.2) is 40.9 Å². The van der Waals surface area contributed by atoms with Crippen LogP contribution in [-0.2, 0) is 6.54 Å². The Balaban J connectivity index is 2.16. The number of phenolic OH excluding ortho intramolecular Hbond substituents is 1. The lowest BCUT2D eigenvalue weighted by Gasteiger charge is -2.11. The van der Waals surface area contributed by atoms with Crippen molar-refractivity contribution in [2.24, 2.45) is 0 Å². The average molecular weight is 418 g/mol. The molecule has 4 heteroatoms. The van der Waals surface area contributed by atoms with E-state index in [1.165, 1.54) is 0 Å². The predicted molar refractivity (Wildman–Crippen MR) is 87.0 cm³/mol. The molecule has 2 N–H and O–H groups in total. The number of benzene rings is 2. The molecule has 2 aromatic carbocycles. The molecule has 0 aliphatic carbocycles. The van der Waals surface area contributed by atoms with Crippen molar-refractivity contribution in [1.29, 1.82) is 0 Å². The molecule has 0 spiro atoms. The van der Waals surface area contributed by atoms with Crippen molar-refractivity contribution in [3.05, 3.63) is 55.6 Å². The van der Waals surface area contributed by atoms with Gasteiger partial charge in [-0.3, -0.25) is 0 Å². The molecular weight excluding hydrogens is 405 g/mol. The van der Waals surface area contributed by atoms with E-state index in [-0.39, 0.29) is 0 Å². The minimum Gasteiger partial charge on any atom is -0.508 e. The van der Waals surface area contributed by atoms with Crippen molar-refractivity contribution in [3.8, 4) is 5.75 Å². The van der Waals surface area contributed by atoms with Gasteiger partial charge in [-0.15, -0.1) is 0 Å². The van der Waals surface area contributed by atoms with Gasteiger partial charge in [-0.05, 0) is 53.8 Å². The SMILES string of the molecule is Cc1ccc(O)c(CNc2cc(Br)ccc2I)c1. The van der Waals surface area contributed by atoms with E-state index in [0.29, 0.717) is 12.3 Å². The zero-order valence-corrected chi connectivity index (χ0v) is 13.6. The smallest absolute Gasteiger partial charge is 0.120 e. The molecule has 2 rings (SSSR count). The maximum absolute atomic E-state index is 9.79. The van der Waals surface area contributed by atoms with Crippen LogP contribution in [0, 0.1) is 10.5 Å². The molecule has 0 amide bonds. The number of anilines is 1. The van der Waals surface area contributed by atoms with Crippen LogP contribution in [0.4, 0.5) is 5.69 Å². The molecule has 0 heterocycles. The zero-order valence-electron chi connectivity index (χ0n) is 9.87. The molecule has 0 unspecified atom stereocenters. The number of halogens is 2. The largest absolute Gasteiger partial charge is 0.508 e. The molecule has 18 heavy (non-hydrogen) atoms. The number of hydrogen-bond donors (Lipinski definition) is 2. The molecule has 2 nitrogen and oxygen atoms in total. The highest BCUT2D eigenvalue weighted by molar-refractivity contribution is 14.1. The maximum atomic E-state index is 9.79. The molecule has 0 fully saturated rings. The van der Waals surface area contributed by atoms with Crippen molar-refractivity contribution in [2.45, 2.75) is 13.5 Å². The summed E-state index contributed by atoms with van der Waals surface area (Å²) >= 11 is 5.75. The molecule has 0 aliphatic rings. The van der Waals surface area contributed by atoms with Gasteiger partial charge >= 0.3 is 0 Å². The van der Waals surface area contributed by atoms with E-state index in [1.54, 1.807) is 6.07 Å². The molecule has 0 saturated heterocycles. The fourth-order valence-corrected chi connectivity index (χ4v) is 2.57. The summed E-state index contributed by atoms with van der Waals surface area (Å²) in [6.07, 6.45) is 0. The lowest BCUT2D eigenvalue weighted by atomic mass is 10.1. The highest BCUT2D eigenvalue weighted by Crippen LogP contribution is 2.25. The van der Waals surface area contributed by atoms with E-state index in [0.717, 1.165) is 24.9 Å². The van der Waals surface area contributed by atoms with Crippen LogP contribution >= 0.6 is 38.5 Å². The average Bonchev–Trinajstić information content (AvgIpc) is 2.34. The second-order valence-corrected chi connectivity index (χ2v) is 6.19. The van der Waals surface area contributed by atoms with Gasteiger partial charge in [0.15, 0.2) is 0 Å². The van der Waals surface area contributed by atoms with Crippen LogP contribution < -0.4 is 5.32 Å². The van der Waals surface area contributed by atoms with E-state index in [4.69, 9.17) is 0 Å². The van der Waals surface area contributed by atoms with Crippen LogP contribution in [0.2, 0.25) is 0 Å². The van der Waals surface area contributed by atoms with Gasteiger partial charge in [0.25, 0.3) is 0 Å². The molecule has 0 aliphatic heterocycles. The first-order chi connectivity index (χ1) is 8.56. The molecule has 94 valence electrons. The summed E-state index contributed by atoms with van der Waals surface area (Å²) in [6, 6.07) is 11.7. The molecule has 0 radical (unpaired) electrons. The summed E-state index contributed by atoms with van der Waals surface area (Å²) in [5, 5.41) is 13.1. The van der Waals surface area contributed by atoms with Crippen LogP contribution in [0.1, 0.15) is 11.1 Å². The summed E-state index contributed by atoms with van der Waals surface area (Å²) in [7, 11) is 0. The van der Waals surface area contributed by atoms with Gasteiger partial charge in [0, 0.05) is 25.8 Å². The lowest BCUT2D eigenvalue weighted by Crippen LogP contribution is -2.01. The van der Waals surface area contributed by atoms with Gasteiger partial charge in [0.05, 0.1) is 0 Å². The van der Waals surface area contributed by atoms with E-state index >= 15 is 0 Å². The van der Waals surface area contributed by atoms with Gasteiger partial charge in [-0.1, -0.05) is 33.6 Å². The van der Waals surface area contributed by atoms with Crippen LogP contribution in [-0.4, -0.2) is 5.11 Å². The third kappa shape index (κ3) is 3.38. The fraction of sp³-hybridized carbons (Fsp3) is 0.143. The van der Waals surface area contributed by atoms with Crippen LogP contribution in [0.5, 0.6) is 5.75 Å². The Morgan fingerprint density at radius 2 is 2.00 bits per heavy atom. The van der Waals surface area contributed by atoms with E-state index < -0.39 is 0 Å². The Kier molecular flexibility index (Phi) is 4.50. The Morgan fingerprint density at radius 1 is 1.22 bits per heavy atom. The lowest BCUT2D eigenvalue weighted by molar-refractivity contribution is 0.469. The maximum Gasteiger partial charge on any atom is 0.120 e. The molecule has 0 saturated carbocycles. The molecule has 2 aromatic rings. The molecular formula is C14H13BrINO. The standard InChI is InChI=1S/C14H13BrINO/c1-9-2-5-14(18)10(6-9)8-17-13-7-11(15)3-4-12(13)16/h2-7,17-18H,8H2,1H3. The van der Waals surface area contributed by atoms with Gasteiger partial charge in [-0.25, -0.2) is 0 Å². The monoisotopic (exact) mass is 417 g/mol. The molecule has 0 aromatic heterocycles. The van der Waals surface area contributed by atoms with Crippen molar-refractivity contribution in [2.75, 3.05) is 5.32 Å². The second kappa shape index (κ2) is 5.93. The zero-order chi connectivity index (χ0) is 13.1. The number of hydrogen-bond acceptors (Lipinski definition) is 2. The van der Waals surface area contributed by atoms with Crippen molar-refractivity contribution < 1.29 is 5.11 Å². The van der Waals surface area contributed by atoms with Crippen molar-refractivity contribution in [1.82, 2.24) is 0 Å². The third-order valence-electron chi connectivity index (χ3n) is 2.63. The van der Waals surface area contributed by atoms with Gasteiger partial charge in [0.1, 0.15) is 5.75 Å².